The fourth-order valence-corrected chi connectivity index (χ4v) is 1.42. The van der Waals surface area contributed by atoms with Crippen LogP contribution in [0.3, 0.4) is 0 Å². The number of cyclic esters (lactones) is 1. The van der Waals surface area contributed by atoms with Gasteiger partial charge in [0.05, 0.1) is 0 Å². The smallest absolute Gasteiger partial charge is 0.321 e. The van der Waals surface area contributed by atoms with Gasteiger partial charge in [0.15, 0.2) is 12.4 Å². The molecule has 4 heteroatoms. The minimum atomic E-state index is -0.865. The predicted molar refractivity (Wildman–Crippen MR) is 45.1 cm³/mol. The average molecular weight is 194 g/mol. The number of hydrogen-bond acceptors (Lipinski definition) is 3. The number of carbonyl (C=O) groups excluding carboxylic acids is 2. The molecule has 2 rings (SSSR count). The third-order valence-electron chi connectivity index (χ3n) is 2.12. The van der Waals surface area contributed by atoms with Gasteiger partial charge < -0.3 is 4.74 Å². The maximum atomic E-state index is 12.6. The molecule has 1 unspecified atom stereocenters. The van der Waals surface area contributed by atoms with Crippen molar-refractivity contribution in [2.45, 2.75) is 5.92 Å². The Kier molecular flexibility index (Phi) is 2.04. The van der Waals surface area contributed by atoms with Gasteiger partial charge in [-0.25, -0.2) is 4.39 Å². The normalized spacial score (nSPS) is 21.1. The van der Waals surface area contributed by atoms with E-state index in [1.165, 1.54) is 24.3 Å². The van der Waals surface area contributed by atoms with Crippen molar-refractivity contribution in [1.29, 1.82) is 0 Å². The molecule has 1 aliphatic rings. The van der Waals surface area contributed by atoms with E-state index in [1.807, 2.05) is 0 Å². The first-order chi connectivity index (χ1) is 6.68. The highest BCUT2D eigenvalue weighted by molar-refractivity contribution is 6.09. The maximum Gasteiger partial charge on any atom is 0.321 e. The lowest BCUT2D eigenvalue weighted by Gasteiger charge is -2.03. The molecule has 0 radical (unpaired) electrons. The van der Waals surface area contributed by atoms with E-state index in [9.17, 15) is 14.0 Å². The van der Waals surface area contributed by atoms with Crippen LogP contribution < -0.4 is 0 Å². The van der Waals surface area contributed by atoms with Crippen LogP contribution in [0.4, 0.5) is 4.39 Å². The van der Waals surface area contributed by atoms with E-state index in [0.29, 0.717) is 5.56 Å². The second-order valence-electron chi connectivity index (χ2n) is 3.06. The van der Waals surface area contributed by atoms with Crippen LogP contribution in [-0.4, -0.2) is 18.4 Å². The Balaban J connectivity index is 2.34. The van der Waals surface area contributed by atoms with Gasteiger partial charge in [-0.1, -0.05) is 12.1 Å². The van der Waals surface area contributed by atoms with Gasteiger partial charge in [-0.05, 0) is 17.7 Å². The van der Waals surface area contributed by atoms with Crippen LogP contribution in [0.15, 0.2) is 24.3 Å². The van der Waals surface area contributed by atoms with Gasteiger partial charge in [0, 0.05) is 0 Å². The topological polar surface area (TPSA) is 43.4 Å². The zero-order valence-electron chi connectivity index (χ0n) is 7.20. The zero-order chi connectivity index (χ0) is 10.1. The molecule has 1 aliphatic heterocycles. The summed E-state index contributed by atoms with van der Waals surface area (Å²) in [5, 5.41) is 0. The van der Waals surface area contributed by atoms with Crippen LogP contribution in [0.5, 0.6) is 0 Å². The van der Waals surface area contributed by atoms with Crippen LogP contribution in [0.2, 0.25) is 0 Å². The van der Waals surface area contributed by atoms with Crippen molar-refractivity contribution in [3.63, 3.8) is 0 Å². The number of esters is 1. The van der Waals surface area contributed by atoms with Gasteiger partial charge in [-0.3, -0.25) is 9.59 Å². The van der Waals surface area contributed by atoms with E-state index in [-0.39, 0.29) is 12.4 Å². The van der Waals surface area contributed by atoms with Crippen molar-refractivity contribution in [2.75, 3.05) is 6.61 Å². The number of rotatable bonds is 1. The Morgan fingerprint density at radius 2 is 1.86 bits per heavy atom. The quantitative estimate of drug-likeness (QED) is 0.495. The Morgan fingerprint density at radius 3 is 2.36 bits per heavy atom. The summed E-state index contributed by atoms with van der Waals surface area (Å²) in [6.07, 6.45) is 0. The first kappa shape index (κ1) is 8.87. The van der Waals surface area contributed by atoms with Crippen LogP contribution in [0.1, 0.15) is 11.5 Å². The Bertz CT molecular complexity index is 367. The summed E-state index contributed by atoms with van der Waals surface area (Å²) in [7, 11) is 0. The fourth-order valence-electron chi connectivity index (χ4n) is 1.42. The molecule has 72 valence electrons. The van der Waals surface area contributed by atoms with Crippen molar-refractivity contribution < 1.29 is 18.7 Å². The molecule has 1 atom stereocenters. The van der Waals surface area contributed by atoms with Gasteiger partial charge >= 0.3 is 5.97 Å². The monoisotopic (exact) mass is 194 g/mol. The number of ketones is 1. The van der Waals surface area contributed by atoms with Crippen molar-refractivity contribution in [1.82, 2.24) is 0 Å². The lowest BCUT2D eigenvalue weighted by atomic mass is 9.97. The second kappa shape index (κ2) is 3.21. The summed E-state index contributed by atoms with van der Waals surface area (Å²) in [5.74, 6) is -2.09. The minimum Gasteiger partial charge on any atom is -0.457 e. The van der Waals surface area contributed by atoms with E-state index >= 15 is 0 Å². The highest BCUT2D eigenvalue weighted by Gasteiger charge is 2.36. The van der Waals surface area contributed by atoms with Crippen molar-refractivity contribution in [2.24, 2.45) is 0 Å². The molecule has 0 aromatic heterocycles. The van der Waals surface area contributed by atoms with E-state index in [1.54, 1.807) is 0 Å². The van der Waals surface area contributed by atoms with Gasteiger partial charge in [0.2, 0.25) is 0 Å². The number of hydrogen-bond donors (Lipinski definition) is 0. The van der Waals surface area contributed by atoms with E-state index in [0.717, 1.165) is 0 Å². The molecule has 1 fully saturated rings. The Morgan fingerprint density at radius 1 is 1.21 bits per heavy atom. The van der Waals surface area contributed by atoms with E-state index in [2.05, 4.69) is 4.74 Å². The molecule has 0 saturated carbocycles. The van der Waals surface area contributed by atoms with E-state index in [4.69, 9.17) is 0 Å². The maximum absolute atomic E-state index is 12.6. The van der Waals surface area contributed by atoms with Crippen molar-refractivity contribution in [3.8, 4) is 0 Å². The van der Waals surface area contributed by atoms with Crippen molar-refractivity contribution >= 4 is 11.8 Å². The molecule has 1 aromatic carbocycles. The predicted octanol–water partition coefficient (Wildman–Crippen LogP) is 1.04. The molecule has 0 N–H and O–H groups in total. The standard InChI is InChI=1S/C10H7FO3/c11-7-3-1-6(2-4-7)9-8(12)5-14-10(9)13/h1-4,9H,5H2. The summed E-state index contributed by atoms with van der Waals surface area (Å²) in [4.78, 5) is 22.4. The number of benzene rings is 1. The SMILES string of the molecule is O=C1COC(=O)C1c1ccc(F)cc1. The number of halogens is 1. The molecule has 14 heavy (non-hydrogen) atoms. The summed E-state index contributed by atoms with van der Waals surface area (Å²) >= 11 is 0. The van der Waals surface area contributed by atoms with Gasteiger partial charge in [0.25, 0.3) is 0 Å². The Labute approximate surface area is 79.5 Å². The van der Waals surface area contributed by atoms with Crippen molar-refractivity contribution in [3.05, 3.63) is 35.6 Å². The Hall–Kier alpha value is -1.71. The molecule has 0 aliphatic carbocycles. The number of ether oxygens (including phenoxy) is 1. The molecule has 3 nitrogen and oxygen atoms in total. The van der Waals surface area contributed by atoms with Gasteiger partial charge in [-0.15, -0.1) is 0 Å². The number of Topliss-reactive ketones (excluding diaryl/α,β-unsaturated/α-hetero) is 1. The summed E-state index contributed by atoms with van der Waals surface area (Å²) in [6, 6.07) is 5.28. The average Bonchev–Trinajstić information content (AvgIpc) is 2.49. The van der Waals surface area contributed by atoms with Crippen LogP contribution >= 0.6 is 0 Å². The molecule has 0 spiro atoms. The molecule has 1 aromatic rings. The lowest BCUT2D eigenvalue weighted by molar-refractivity contribution is -0.139. The fraction of sp³-hybridized carbons (Fsp3) is 0.200. The highest BCUT2D eigenvalue weighted by atomic mass is 19.1. The second-order valence-corrected chi connectivity index (χ2v) is 3.06. The van der Waals surface area contributed by atoms with Crippen LogP contribution in [0.25, 0.3) is 0 Å². The minimum absolute atomic E-state index is 0.180. The molecule has 1 heterocycles. The third kappa shape index (κ3) is 1.39. The highest BCUT2D eigenvalue weighted by Crippen LogP contribution is 2.23. The molecule has 0 amide bonds. The first-order valence-electron chi connectivity index (χ1n) is 4.13. The number of carbonyl (C=O) groups is 2. The van der Waals surface area contributed by atoms with E-state index < -0.39 is 17.7 Å². The summed E-state index contributed by atoms with van der Waals surface area (Å²) in [6.45, 7) is -0.180. The van der Waals surface area contributed by atoms with Gasteiger partial charge in [-0.2, -0.15) is 0 Å². The lowest BCUT2D eigenvalue weighted by Crippen LogP contribution is -2.12. The molecular formula is C10H7FO3. The van der Waals surface area contributed by atoms with Crippen LogP contribution in [-0.2, 0) is 14.3 Å². The molecular weight excluding hydrogens is 187 g/mol. The molecule has 0 bridgehead atoms. The first-order valence-corrected chi connectivity index (χ1v) is 4.13. The van der Waals surface area contributed by atoms with Gasteiger partial charge in [0.1, 0.15) is 11.7 Å². The molecule has 1 saturated heterocycles. The largest absolute Gasteiger partial charge is 0.457 e. The van der Waals surface area contributed by atoms with Crippen LogP contribution in [0, 0.1) is 5.82 Å². The third-order valence-corrected chi connectivity index (χ3v) is 2.12. The zero-order valence-corrected chi connectivity index (χ0v) is 7.20. The summed E-state index contributed by atoms with van der Waals surface area (Å²) in [5.41, 5.74) is 0.485. The summed E-state index contributed by atoms with van der Waals surface area (Å²) < 4.78 is 17.1.